The van der Waals surface area contributed by atoms with E-state index < -0.39 is 5.97 Å². The summed E-state index contributed by atoms with van der Waals surface area (Å²) in [6, 6.07) is 8.58. The highest BCUT2D eigenvalue weighted by Gasteiger charge is 2.11. The van der Waals surface area contributed by atoms with Gasteiger partial charge in [-0.3, -0.25) is 9.59 Å². The third-order valence-electron chi connectivity index (χ3n) is 3.53. The van der Waals surface area contributed by atoms with E-state index in [1.54, 1.807) is 24.3 Å². The molecule has 0 radical (unpaired) electrons. The monoisotopic (exact) mass is 345 g/mol. The second-order valence-electron chi connectivity index (χ2n) is 5.32. The number of nitrogens with one attached hydrogen (secondary N) is 1. The van der Waals surface area contributed by atoms with Crippen LogP contribution in [0.4, 0.5) is 5.69 Å². The molecule has 0 bridgehead atoms. The zero-order valence-electron chi connectivity index (χ0n) is 13.6. The zero-order valence-corrected chi connectivity index (χ0v) is 14.4. The average Bonchev–Trinajstić information content (AvgIpc) is 3.10. The topological polar surface area (TPSA) is 72.5 Å². The number of esters is 1. The molecule has 5 nitrogen and oxygen atoms in total. The second kappa shape index (κ2) is 8.40. The lowest BCUT2D eigenvalue weighted by Crippen LogP contribution is -2.13. The van der Waals surface area contributed by atoms with Crippen LogP contribution in [0.15, 0.2) is 35.7 Å². The van der Waals surface area contributed by atoms with Crippen molar-refractivity contribution in [1.82, 2.24) is 0 Å². The van der Waals surface area contributed by atoms with E-state index in [4.69, 9.17) is 0 Å². The van der Waals surface area contributed by atoms with Crippen LogP contribution in [0.1, 0.15) is 44.9 Å². The molecule has 6 heteroatoms. The van der Waals surface area contributed by atoms with E-state index in [0.29, 0.717) is 24.1 Å². The standard InChI is InChI=1S/C18H19NO4S/c1-12-11-13(18(22)23-2)8-9-14(12)19-17(21)7-3-5-15(20)16-6-4-10-24-16/h4,6,8-11H,3,5,7H2,1-2H3,(H,19,21). The van der Waals surface area contributed by atoms with Gasteiger partial charge in [0.1, 0.15) is 0 Å². The van der Waals surface area contributed by atoms with Crippen LogP contribution < -0.4 is 5.32 Å². The van der Waals surface area contributed by atoms with Crippen LogP contribution in [0, 0.1) is 6.92 Å². The van der Waals surface area contributed by atoms with Gasteiger partial charge in [-0.1, -0.05) is 6.07 Å². The molecule has 0 atom stereocenters. The second-order valence-corrected chi connectivity index (χ2v) is 6.27. The van der Waals surface area contributed by atoms with Gasteiger partial charge in [-0.2, -0.15) is 0 Å². The molecule has 2 aromatic rings. The lowest BCUT2D eigenvalue weighted by atomic mass is 10.1. The number of ketones is 1. The van der Waals surface area contributed by atoms with Gasteiger partial charge in [-0.25, -0.2) is 4.79 Å². The number of hydrogen-bond acceptors (Lipinski definition) is 5. The predicted molar refractivity (Wildman–Crippen MR) is 93.6 cm³/mol. The van der Waals surface area contributed by atoms with Gasteiger partial charge < -0.3 is 10.1 Å². The quantitative estimate of drug-likeness (QED) is 0.611. The molecule has 1 aromatic carbocycles. The van der Waals surface area contributed by atoms with Crippen molar-refractivity contribution in [2.24, 2.45) is 0 Å². The summed E-state index contributed by atoms with van der Waals surface area (Å²) in [5, 5.41) is 4.66. The molecule has 1 heterocycles. The van der Waals surface area contributed by atoms with Crippen LogP contribution in [-0.4, -0.2) is 24.8 Å². The molecular formula is C18H19NO4S. The first kappa shape index (κ1) is 17.9. The number of Topliss-reactive ketones (excluding diaryl/α,β-unsaturated/α-hetero) is 1. The Kier molecular flexibility index (Phi) is 6.26. The summed E-state index contributed by atoms with van der Waals surface area (Å²) in [6.45, 7) is 1.81. The highest BCUT2D eigenvalue weighted by molar-refractivity contribution is 7.12. The summed E-state index contributed by atoms with van der Waals surface area (Å²) >= 11 is 1.41. The Balaban J connectivity index is 1.84. The maximum Gasteiger partial charge on any atom is 0.337 e. The molecule has 0 spiro atoms. The Morgan fingerprint density at radius 1 is 1.17 bits per heavy atom. The molecule has 2 rings (SSSR count). The van der Waals surface area contributed by atoms with Crippen LogP contribution in [0.3, 0.4) is 0 Å². The summed E-state index contributed by atoms with van der Waals surface area (Å²) in [5.41, 5.74) is 1.87. The number of rotatable bonds is 7. The lowest BCUT2D eigenvalue weighted by Gasteiger charge is -2.09. The Hall–Kier alpha value is -2.47. The van der Waals surface area contributed by atoms with E-state index in [2.05, 4.69) is 10.1 Å². The molecule has 1 amide bonds. The van der Waals surface area contributed by atoms with E-state index in [1.165, 1.54) is 18.4 Å². The number of hydrogen-bond donors (Lipinski definition) is 1. The fourth-order valence-corrected chi connectivity index (χ4v) is 2.93. The van der Waals surface area contributed by atoms with Gasteiger partial charge in [-0.05, 0) is 48.6 Å². The van der Waals surface area contributed by atoms with Gasteiger partial charge in [0.2, 0.25) is 5.91 Å². The first-order valence-corrected chi connectivity index (χ1v) is 8.44. The number of amides is 1. The molecule has 0 aliphatic carbocycles. The number of benzene rings is 1. The summed E-state index contributed by atoms with van der Waals surface area (Å²) in [7, 11) is 1.32. The van der Waals surface area contributed by atoms with E-state index in [9.17, 15) is 14.4 Å². The highest BCUT2D eigenvalue weighted by Crippen LogP contribution is 2.18. The van der Waals surface area contributed by atoms with Gasteiger partial charge in [0, 0.05) is 18.5 Å². The molecular weight excluding hydrogens is 326 g/mol. The molecule has 24 heavy (non-hydrogen) atoms. The number of aryl methyl sites for hydroxylation is 1. The first-order chi connectivity index (χ1) is 11.5. The molecule has 0 fully saturated rings. The van der Waals surface area contributed by atoms with Gasteiger partial charge in [0.05, 0.1) is 17.6 Å². The van der Waals surface area contributed by atoms with Crippen molar-refractivity contribution in [2.45, 2.75) is 26.2 Å². The molecule has 0 unspecified atom stereocenters. The minimum atomic E-state index is -0.414. The molecule has 1 N–H and O–H groups in total. The maximum absolute atomic E-state index is 12.0. The Labute approximate surface area is 144 Å². The summed E-state index contributed by atoms with van der Waals surface area (Å²) in [6.07, 6.45) is 1.13. The van der Waals surface area contributed by atoms with Crippen molar-refractivity contribution < 1.29 is 19.1 Å². The zero-order chi connectivity index (χ0) is 17.5. The molecule has 0 aliphatic heterocycles. The van der Waals surface area contributed by atoms with Crippen molar-refractivity contribution in [3.05, 3.63) is 51.7 Å². The number of thiophene rings is 1. The molecule has 0 saturated heterocycles. The van der Waals surface area contributed by atoms with E-state index in [0.717, 1.165) is 10.4 Å². The predicted octanol–water partition coefficient (Wildman–Crippen LogP) is 3.83. The number of carbonyl (C=O) groups is 3. The molecule has 1 aromatic heterocycles. The van der Waals surface area contributed by atoms with Crippen LogP contribution >= 0.6 is 11.3 Å². The van der Waals surface area contributed by atoms with E-state index in [-0.39, 0.29) is 18.1 Å². The van der Waals surface area contributed by atoms with Gasteiger partial charge in [0.15, 0.2) is 5.78 Å². The van der Waals surface area contributed by atoms with Crippen LogP contribution in [0.5, 0.6) is 0 Å². The van der Waals surface area contributed by atoms with Gasteiger partial charge in [0.25, 0.3) is 0 Å². The first-order valence-electron chi connectivity index (χ1n) is 7.57. The Morgan fingerprint density at radius 3 is 2.58 bits per heavy atom. The van der Waals surface area contributed by atoms with Crippen molar-refractivity contribution in [2.75, 3.05) is 12.4 Å². The van der Waals surface area contributed by atoms with Crippen LogP contribution in [0.2, 0.25) is 0 Å². The highest BCUT2D eigenvalue weighted by atomic mass is 32.1. The summed E-state index contributed by atoms with van der Waals surface area (Å²) < 4.78 is 4.66. The fraction of sp³-hybridized carbons (Fsp3) is 0.278. The SMILES string of the molecule is COC(=O)c1ccc(NC(=O)CCCC(=O)c2cccs2)c(C)c1. The van der Waals surface area contributed by atoms with E-state index in [1.807, 2.05) is 18.4 Å². The Morgan fingerprint density at radius 2 is 1.96 bits per heavy atom. The van der Waals surface area contributed by atoms with Crippen LogP contribution in [-0.2, 0) is 9.53 Å². The molecule has 126 valence electrons. The fourth-order valence-electron chi connectivity index (χ4n) is 2.23. The van der Waals surface area contributed by atoms with Crippen molar-refractivity contribution in [1.29, 1.82) is 0 Å². The third kappa shape index (κ3) is 4.76. The largest absolute Gasteiger partial charge is 0.465 e. The van der Waals surface area contributed by atoms with Crippen LogP contribution in [0.25, 0.3) is 0 Å². The molecule has 0 saturated carbocycles. The number of carbonyl (C=O) groups excluding carboxylic acids is 3. The summed E-state index contributed by atoms with van der Waals surface area (Å²) in [4.78, 5) is 36.0. The van der Waals surface area contributed by atoms with Crippen molar-refractivity contribution in [3.8, 4) is 0 Å². The average molecular weight is 345 g/mol. The number of methoxy groups -OCH3 is 1. The van der Waals surface area contributed by atoms with Gasteiger partial charge in [-0.15, -0.1) is 11.3 Å². The normalized spacial score (nSPS) is 10.2. The smallest absolute Gasteiger partial charge is 0.337 e. The minimum Gasteiger partial charge on any atom is -0.465 e. The number of anilines is 1. The number of ether oxygens (including phenoxy) is 1. The van der Waals surface area contributed by atoms with Gasteiger partial charge >= 0.3 is 5.97 Å². The lowest BCUT2D eigenvalue weighted by molar-refractivity contribution is -0.116. The maximum atomic E-state index is 12.0. The summed E-state index contributed by atoms with van der Waals surface area (Å²) in [5.74, 6) is -0.498. The molecule has 0 aliphatic rings. The van der Waals surface area contributed by atoms with Crippen molar-refractivity contribution >= 4 is 34.7 Å². The third-order valence-corrected chi connectivity index (χ3v) is 4.44. The Bertz CT molecular complexity index is 737. The van der Waals surface area contributed by atoms with E-state index >= 15 is 0 Å². The van der Waals surface area contributed by atoms with Crippen molar-refractivity contribution in [3.63, 3.8) is 0 Å². The minimum absolute atomic E-state index is 0.0661.